The number of hydrogen-bond donors (Lipinski definition) is 0. The van der Waals surface area contributed by atoms with Crippen molar-refractivity contribution in [1.29, 1.82) is 0 Å². The highest BCUT2D eigenvalue weighted by Crippen LogP contribution is 2.04. The SMILES string of the molecule is [CH2]C/C(=C/CC)CC. The van der Waals surface area contributed by atoms with E-state index in [1.54, 1.807) is 0 Å². The van der Waals surface area contributed by atoms with E-state index in [9.17, 15) is 0 Å². The van der Waals surface area contributed by atoms with Gasteiger partial charge in [-0.05, 0) is 26.2 Å². The van der Waals surface area contributed by atoms with Crippen molar-refractivity contribution in [3.63, 3.8) is 0 Å². The monoisotopic (exact) mass is 111 g/mol. The van der Waals surface area contributed by atoms with Crippen molar-refractivity contribution < 1.29 is 0 Å². The molecule has 8 heavy (non-hydrogen) atoms. The Morgan fingerprint density at radius 1 is 1.50 bits per heavy atom. The molecule has 1 radical (unpaired) electrons. The Bertz CT molecular complexity index is 64.1. The van der Waals surface area contributed by atoms with Gasteiger partial charge in [-0.2, -0.15) is 0 Å². The van der Waals surface area contributed by atoms with E-state index < -0.39 is 0 Å². The molecule has 0 heteroatoms. The molecule has 0 aromatic heterocycles. The molecular weight excluding hydrogens is 96.1 g/mol. The summed E-state index contributed by atoms with van der Waals surface area (Å²) in [4.78, 5) is 0. The predicted octanol–water partition coefficient (Wildman–Crippen LogP) is 2.96. The summed E-state index contributed by atoms with van der Waals surface area (Å²) in [6, 6.07) is 0. The molecule has 0 rings (SSSR count). The zero-order chi connectivity index (χ0) is 6.41. The van der Waals surface area contributed by atoms with Gasteiger partial charge in [-0.15, -0.1) is 0 Å². The van der Waals surface area contributed by atoms with Gasteiger partial charge in [0.05, 0.1) is 0 Å². The maximum Gasteiger partial charge on any atom is -0.0320 e. The molecule has 0 heterocycles. The Kier molecular flexibility index (Phi) is 4.73. The van der Waals surface area contributed by atoms with Crippen LogP contribution in [-0.4, -0.2) is 0 Å². The summed E-state index contributed by atoms with van der Waals surface area (Å²) in [5.74, 6) is 0. The Balaban J connectivity index is 3.49. The molecule has 0 aliphatic rings. The Morgan fingerprint density at radius 2 is 2.12 bits per heavy atom. The molecule has 47 valence electrons. The van der Waals surface area contributed by atoms with Crippen LogP contribution in [0.3, 0.4) is 0 Å². The fourth-order valence-electron chi connectivity index (χ4n) is 0.712. The topological polar surface area (TPSA) is 0 Å². The average Bonchev–Trinajstić information content (AvgIpc) is 1.83. The van der Waals surface area contributed by atoms with Crippen LogP contribution in [0, 0.1) is 6.92 Å². The molecule has 0 unspecified atom stereocenters. The van der Waals surface area contributed by atoms with Crippen LogP contribution in [0.4, 0.5) is 0 Å². The van der Waals surface area contributed by atoms with Crippen molar-refractivity contribution in [2.24, 2.45) is 0 Å². The van der Waals surface area contributed by atoms with E-state index in [0.29, 0.717) is 0 Å². The van der Waals surface area contributed by atoms with Crippen LogP contribution >= 0.6 is 0 Å². The summed E-state index contributed by atoms with van der Waals surface area (Å²) in [5.41, 5.74) is 1.48. The highest BCUT2D eigenvalue weighted by atomic mass is 13.9. The smallest absolute Gasteiger partial charge is 0.0320 e. The third-order valence-electron chi connectivity index (χ3n) is 1.27. The van der Waals surface area contributed by atoms with Gasteiger partial charge >= 0.3 is 0 Å². The first kappa shape index (κ1) is 7.74. The molecule has 0 atom stereocenters. The first-order valence-electron chi connectivity index (χ1n) is 3.32. The molecule has 0 saturated heterocycles. The normalized spacial score (nSPS) is 12.1. The minimum atomic E-state index is 0.977. The van der Waals surface area contributed by atoms with Gasteiger partial charge in [-0.25, -0.2) is 0 Å². The van der Waals surface area contributed by atoms with Crippen LogP contribution in [0.1, 0.15) is 33.1 Å². The molecule has 0 aliphatic carbocycles. The zero-order valence-corrected chi connectivity index (χ0v) is 5.91. The maximum atomic E-state index is 3.81. The van der Waals surface area contributed by atoms with Gasteiger partial charge in [0.25, 0.3) is 0 Å². The molecule has 0 amide bonds. The van der Waals surface area contributed by atoms with Crippen LogP contribution in [0.15, 0.2) is 11.6 Å². The second-order valence-electron chi connectivity index (χ2n) is 1.87. The lowest BCUT2D eigenvalue weighted by molar-refractivity contribution is 1.000. The average molecular weight is 111 g/mol. The Hall–Kier alpha value is -0.260. The van der Waals surface area contributed by atoms with E-state index in [1.165, 1.54) is 5.57 Å². The first-order valence-corrected chi connectivity index (χ1v) is 3.32. The zero-order valence-electron chi connectivity index (χ0n) is 5.91. The van der Waals surface area contributed by atoms with Gasteiger partial charge in [0, 0.05) is 0 Å². The van der Waals surface area contributed by atoms with E-state index in [4.69, 9.17) is 0 Å². The standard InChI is InChI=1S/C8H15/c1-4-7-8(5-2)6-3/h7H,2,4-6H2,1,3H3/b8-7-. The fourth-order valence-corrected chi connectivity index (χ4v) is 0.712. The summed E-state index contributed by atoms with van der Waals surface area (Å²) in [5, 5.41) is 0. The molecule has 0 aliphatic heterocycles. The van der Waals surface area contributed by atoms with Gasteiger partial charge in [0.15, 0.2) is 0 Å². The first-order chi connectivity index (χ1) is 3.85. The summed E-state index contributed by atoms with van der Waals surface area (Å²) >= 11 is 0. The lowest BCUT2D eigenvalue weighted by Gasteiger charge is -1.95. The third-order valence-corrected chi connectivity index (χ3v) is 1.27. The molecule has 0 nitrogen and oxygen atoms in total. The fraction of sp³-hybridized carbons (Fsp3) is 0.625. The predicted molar refractivity (Wildman–Crippen MR) is 38.6 cm³/mol. The van der Waals surface area contributed by atoms with E-state index in [2.05, 4.69) is 26.8 Å². The van der Waals surface area contributed by atoms with E-state index in [0.717, 1.165) is 19.3 Å². The van der Waals surface area contributed by atoms with Crippen molar-refractivity contribution in [3.8, 4) is 0 Å². The largest absolute Gasteiger partial charge is 0.0856 e. The number of allylic oxidation sites excluding steroid dienone is 2. The summed E-state index contributed by atoms with van der Waals surface area (Å²) in [6.45, 7) is 8.14. The summed E-state index contributed by atoms with van der Waals surface area (Å²) in [7, 11) is 0. The highest BCUT2D eigenvalue weighted by molar-refractivity contribution is 5.00. The van der Waals surface area contributed by atoms with Crippen LogP contribution in [0.5, 0.6) is 0 Å². The van der Waals surface area contributed by atoms with Crippen LogP contribution in [0.25, 0.3) is 0 Å². The second kappa shape index (κ2) is 4.89. The molecular formula is C8H15. The van der Waals surface area contributed by atoms with E-state index in [-0.39, 0.29) is 0 Å². The van der Waals surface area contributed by atoms with Crippen molar-refractivity contribution in [1.82, 2.24) is 0 Å². The van der Waals surface area contributed by atoms with Crippen molar-refractivity contribution in [3.05, 3.63) is 18.6 Å². The minimum absolute atomic E-state index is 0.977. The van der Waals surface area contributed by atoms with E-state index >= 15 is 0 Å². The number of rotatable bonds is 3. The molecule has 0 fully saturated rings. The van der Waals surface area contributed by atoms with Crippen molar-refractivity contribution in [2.45, 2.75) is 33.1 Å². The number of hydrogen-bond acceptors (Lipinski definition) is 0. The minimum Gasteiger partial charge on any atom is -0.0856 e. The van der Waals surface area contributed by atoms with Gasteiger partial charge in [0.2, 0.25) is 0 Å². The maximum absolute atomic E-state index is 3.81. The summed E-state index contributed by atoms with van der Waals surface area (Å²) in [6.07, 6.45) is 5.55. The molecule has 0 bridgehead atoms. The van der Waals surface area contributed by atoms with Crippen molar-refractivity contribution >= 4 is 0 Å². The molecule has 0 aromatic carbocycles. The van der Waals surface area contributed by atoms with Gasteiger partial charge in [-0.3, -0.25) is 0 Å². The quantitative estimate of drug-likeness (QED) is 0.491. The lowest BCUT2D eigenvalue weighted by atomic mass is 10.1. The molecule has 0 spiro atoms. The molecule has 0 saturated carbocycles. The third kappa shape index (κ3) is 2.84. The molecule has 0 aromatic rings. The van der Waals surface area contributed by atoms with Crippen LogP contribution in [0.2, 0.25) is 0 Å². The summed E-state index contributed by atoms with van der Waals surface area (Å²) < 4.78 is 0. The van der Waals surface area contributed by atoms with Crippen LogP contribution in [-0.2, 0) is 0 Å². The molecule has 0 N–H and O–H groups in total. The highest BCUT2D eigenvalue weighted by Gasteiger charge is 1.84. The van der Waals surface area contributed by atoms with Gasteiger partial charge in [-0.1, -0.05) is 25.5 Å². The van der Waals surface area contributed by atoms with E-state index in [1.807, 2.05) is 0 Å². The van der Waals surface area contributed by atoms with Gasteiger partial charge in [0.1, 0.15) is 0 Å². The second-order valence-corrected chi connectivity index (χ2v) is 1.87. The van der Waals surface area contributed by atoms with Crippen molar-refractivity contribution in [2.75, 3.05) is 0 Å². The lowest BCUT2D eigenvalue weighted by Crippen LogP contribution is -1.75. The van der Waals surface area contributed by atoms with Gasteiger partial charge < -0.3 is 0 Å². The Labute approximate surface area is 52.6 Å². The Morgan fingerprint density at radius 3 is 2.25 bits per heavy atom. The van der Waals surface area contributed by atoms with Crippen LogP contribution < -0.4 is 0 Å².